The third-order valence-electron chi connectivity index (χ3n) is 4.03. The van der Waals surface area contributed by atoms with E-state index in [9.17, 15) is 4.79 Å². The van der Waals surface area contributed by atoms with Crippen molar-refractivity contribution in [2.45, 2.75) is 20.3 Å². The highest BCUT2D eigenvalue weighted by molar-refractivity contribution is 7.13. The highest BCUT2D eigenvalue weighted by Crippen LogP contribution is 2.33. The summed E-state index contributed by atoms with van der Waals surface area (Å²) in [5.41, 5.74) is 4.72. The van der Waals surface area contributed by atoms with Crippen molar-refractivity contribution in [1.82, 2.24) is 4.98 Å². The maximum atomic E-state index is 12.4. The summed E-state index contributed by atoms with van der Waals surface area (Å²) in [7, 11) is 3.21. The summed E-state index contributed by atoms with van der Waals surface area (Å²) in [5.74, 6) is 1.24. The Kier molecular flexibility index (Phi) is 5.76. The van der Waals surface area contributed by atoms with Gasteiger partial charge in [-0.15, -0.1) is 11.3 Å². The van der Waals surface area contributed by atoms with Gasteiger partial charge in [0.1, 0.15) is 5.01 Å². The van der Waals surface area contributed by atoms with Crippen molar-refractivity contribution in [1.29, 1.82) is 0 Å². The summed E-state index contributed by atoms with van der Waals surface area (Å²) >= 11 is 1.50. The number of benzene rings is 2. The number of ether oxygens (including phenoxy) is 2. The summed E-state index contributed by atoms with van der Waals surface area (Å²) in [5, 5.41) is 5.69. The van der Waals surface area contributed by atoms with Gasteiger partial charge in [-0.2, -0.15) is 0 Å². The van der Waals surface area contributed by atoms with Gasteiger partial charge in [0.25, 0.3) is 0 Å². The van der Waals surface area contributed by atoms with Crippen molar-refractivity contribution in [3.05, 3.63) is 58.6 Å². The van der Waals surface area contributed by atoms with Gasteiger partial charge in [0.15, 0.2) is 11.5 Å². The molecule has 0 unspecified atom stereocenters. The van der Waals surface area contributed by atoms with E-state index in [1.807, 2.05) is 49.6 Å². The molecule has 1 N–H and O–H groups in total. The number of methoxy groups -OCH3 is 2. The maximum Gasteiger partial charge on any atom is 0.230 e. The molecule has 0 fully saturated rings. The van der Waals surface area contributed by atoms with Crippen LogP contribution in [0.1, 0.15) is 16.8 Å². The SMILES string of the molecule is COc1ccc(-c2nc(CC(=O)Nc3cc(C)cc(C)c3)cs2)cc1OC. The van der Waals surface area contributed by atoms with E-state index >= 15 is 0 Å². The number of hydrogen-bond acceptors (Lipinski definition) is 5. The van der Waals surface area contributed by atoms with Crippen LogP contribution in [0.3, 0.4) is 0 Å². The number of thiazole rings is 1. The van der Waals surface area contributed by atoms with Crippen LogP contribution in [0.4, 0.5) is 5.69 Å². The first-order valence-electron chi connectivity index (χ1n) is 8.53. The molecule has 27 heavy (non-hydrogen) atoms. The van der Waals surface area contributed by atoms with Gasteiger partial charge in [-0.05, 0) is 55.3 Å². The second kappa shape index (κ2) is 8.22. The maximum absolute atomic E-state index is 12.4. The molecule has 0 saturated heterocycles. The highest BCUT2D eigenvalue weighted by atomic mass is 32.1. The van der Waals surface area contributed by atoms with Gasteiger partial charge in [-0.25, -0.2) is 4.98 Å². The quantitative estimate of drug-likeness (QED) is 0.675. The number of nitrogens with one attached hydrogen (secondary N) is 1. The first-order chi connectivity index (χ1) is 13.0. The van der Waals surface area contributed by atoms with Crippen molar-refractivity contribution in [3.63, 3.8) is 0 Å². The Hall–Kier alpha value is -2.86. The number of carbonyl (C=O) groups is 1. The van der Waals surface area contributed by atoms with E-state index in [1.54, 1.807) is 14.2 Å². The molecule has 3 aromatic rings. The molecule has 0 aliphatic heterocycles. The number of nitrogens with zero attached hydrogens (tertiary/aromatic N) is 1. The molecule has 5 nitrogen and oxygen atoms in total. The largest absolute Gasteiger partial charge is 0.493 e. The fourth-order valence-corrected chi connectivity index (χ4v) is 3.72. The van der Waals surface area contributed by atoms with Crippen LogP contribution in [0.2, 0.25) is 0 Å². The lowest BCUT2D eigenvalue weighted by molar-refractivity contribution is -0.115. The van der Waals surface area contributed by atoms with E-state index in [4.69, 9.17) is 9.47 Å². The number of rotatable bonds is 6. The Morgan fingerprint density at radius 2 is 1.74 bits per heavy atom. The Labute approximate surface area is 163 Å². The minimum atomic E-state index is -0.0795. The molecule has 3 rings (SSSR count). The first-order valence-corrected chi connectivity index (χ1v) is 9.41. The number of hydrogen-bond donors (Lipinski definition) is 1. The van der Waals surface area contributed by atoms with Crippen LogP contribution in [0.25, 0.3) is 10.6 Å². The summed E-state index contributed by atoms with van der Waals surface area (Å²) in [6.07, 6.45) is 0.233. The van der Waals surface area contributed by atoms with E-state index in [0.29, 0.717) is 11.5 Å². The van der Waals surface area contributed by atoms with Gasteiger partial charge < -0.3 is 14.8 Å². The topological polar surface area (TPSA) is 60.5 Å². The summed E-state index contributed by atoms with van der Waals surface area (Å²) in [6.45, 7) is 4.02. The van der Waals surface area contributed by atoms with Crippen molar-refractivity contribution in [3.8, 4) is 22.1 Å². The molecule has 0 bridgehead atoms. The molecule has 1 heterocycles. The molecule has 0 atom stereocenters. The van der Waals surface area contributed by atoms with Crippen LogP contribution >= 0.6 is 11.3 Å². The van der Waals surface area contributed by atoms with E-state index in [-0.39, 0.29) is 12.3 Å². The lowest BCUT2D eigenvalue weighted by Crippen LogP contribution is -2.14. The van der Waals surface area contributed by atoms with Crippen LogP contribution in [0.5, 0.6) is 11.5 Å². The van der Waals surface area contributed by atoms with Crippen molar-refractivity contribution >= 4 is 22.9 Å². The molecule has 0 saturated carbocycles. The summed E-state index contributed by atoms with van der Waals surface area (Å²) < 4.78 is 10.6. The smallest absolute Gasteiger partial charge is 0.230 e. The van der Waals surface area contributed by atoms with Crippen LogP contribution in [-0.2, 0) is 11.2 Å². The fourth-order valence-electron chi connectivity index (χ4n) is 2.91. The van der Waals surface area contributed by atoms with Crippen molar-refractivity contribution in [2.24, 2.45) is 0 Å². The average Bonchev–Trinajstić information content (AvgIpc) is 3.08. The zero-order valence-electron chi connectivity index (χ0n) is 15.8. The van der Waals surface area contributed by atoms with Crippen molar-refractivity contribution in [2.75, 3.05) is 19.5 Å². The Bertz CT molecular complexity index is 946. The van der Waals surface area contributed by atoms with E-state index in [0.717, 1.165) is 33.1 Å². The van der Waals surface area contributed by atoms with Gasteiger partial charge in [-0.3, -0.25) is 4.79 Å². The number of anilines is 1. The van der Waals surface area contributed by atoms with E-state index in [2.05, 4.69) is 16.4 Å². The predicted octanol–water partition coefficient (Wildman–Crippen LogP) is 4.63. The van der Waals surface area contributed by atoms with Crippen LogP contribution in [0.15, 0.2) is 41.8 Å². The van der Waals surface area contributed by atoms with Crippen LogP contribution in [-0.4, -0.2) is 25.1 Å². The van der Waals surface area contributed by atoms with Crippen LogP contribution in [0, 0.1) is 13.8 Å². The fraction of sp³-hybridized carbons (Fsp3) is 0.238. The van der Waals surface area contributed by atoms with Gasteiger partial charge >= 0.3 is 0 Å². The Morgan fingerprint density at radius 3 is 2.41 bits per heavy atom. The monoisotopic (exact) mass is 382 g/mol. The third kappa shape index (κ3) is 4.65. The zero-order chi connectivity index (χ0) is 19.4. The Morgan fingerprint density at radius 1 is 1.04 bits per heavy atom. The van der Waals surface area contributed by atoms with Crippen LogP contribution < -0.4 is 14.8 Å². The molecule has 1 aromatic heterocycles. The summed E-state index contributed by atoms with van der Waals surface area (Å²) in [4.78, 5) is 16.9. The standard InChI is InChI=1S/C21H22N2O3S/c1-13-7-14(2)9-16(8-13)22-20(24)11-17-12-27-21(23-17)15-5-6-18(25-3)19(10-15)26-4/h5-10,12H,11H2,1-4H3,(H,22,24). The first kappa shape index (κ1) is 18.9. The van der Waals surface area contributed by atoms with Gasteiger partial charge in [0.05, 0.1) is 26.3 Å². The Balaban J connectivity index is 1.71. The van der Waals surface area contributed by atoms with E-state index < -0.39 is 0 Å². The minimum absolute atomic E-state index is 0.0795. The number of aryl methyl sites for hydroxylation is 2. The predicted molar refractivity (Wildman–Crippen MR) is 109 cm³/mol. The molecule has 0 aliphatic carbocycles. The second-order valence-electron chi connectivity index (χ2n) is 6.32. The van der Waals surface area contributed by atoms with Gasteiger partial charge in [0, 0.05) is 16.6 Å². The molecule has 1 amide bonds. The van der Waals surface area contributed by atoms with Gasteiger partial charge in [-0.1, -0.05) is 6.07 Å². The lowest BCUT2D eigenvalue weighted by atomic mass is 10.1. The molecule has 0 radical (unpaired) electrons. The minimum Gasteiger partial charge on any atom is -0.493 e. The molecule has 0 spiro atoms. The lowest BCUT2D eigenvalue weighted by Gasteiger charge is -2.08. The summed E-state index contributed by atoms with van der Waals surface area (Å²) in [6, 6.07) is 11.7. The van der Waals surface area contributed by atoms with Gasteiger partial charge in [0.2, 0.25) is 5.91 Å². The molecule has 2 aromatic carbocycles. The van der Waals surface area contributed by atoms with E-state index in [1.165, 1.54) is 11.3 Å². The van der Waals surface area contributed by atoms with Crippen molar-refractivity contribution < 1.29 is 14.3 Å². The number of carbonyl (C=O) groups excluding carboxylic acids is 1. The second-order valence-corrected chi connectivity index (χ2v) is 7.17. The molecule has 140 valence electrons. The molecular weight excluding hydrogens is 360 g/mol. The third-order valence-corrected chi connectivity index (χ3v) is 4.97. The molecular formula is C21H22N2O3S. The average molecular weight is 382 g/mol. The highest BCUT2D eigenvalue weighted by Gasteiger charge is 2.12. The number of amides is 1. The molecule has 6 heteroatoms. The molecule has 0 aliphatic rings. The normalized spacial score (nSPS) is 10.5. The zero-order valence-corrected chi connectivity index (χ0v) is 16.6. The number of aromatic nitrogens is 1.